The number of hydrogen-bond acceptors (Lipinski definition) is 4. The average Bonchev–Trinajstić information content (AvgIpc) is 2.45. The Bertz CT molecular complexity index is 586. The van der Waals surface area contributed by atoms with E-state index in [1.54, 1.807) is 13.4 Å². The highest BCUT2D eigenvalue weighted by Gasteiger charge is 2.23. The number of rotatable bonds is 4. The van der Waals surface area contributed by atoms with E-state index in [0.717, 1.165) is 10.5 Å². The van der Waals surface area contributed by atoms with Crippen molar-refractivity contribution in [3.63, 3.8) is 0 Å². The number of hydrazine groups is 1. The maximum absolute atomic E-state index is 11.8. The number of hydrogen-bond donors (Lipinski definition) is 2. The lowest BCUT2D eigenvalue weighted by molar-refractivity contribution is -0.125. The van der Waals surface area contributed by atoms with Crippen molar-refractivity contribution < 1.29 is 13.7 Å². The van der Waals surface area contributed by atoms with E-state index in [1.165, 1.54) is 0 Å². The van der Waals surface area contributed by atoms with E-state index in [4.69, 9.17) is 4.74 Å². The second-order valence-corrected chi connectivity index (χ2v) is 6.43. The van der Waals surface area contributed by atoms with Gasteiger partial charge < -0.3 is 4.74 Å². The minimum atomic E-state index is -1.09. The van der Waals surface area contributed by atoms with E-state index < -0.39 is 10.8 Å². The van der Waals surface area contributed by atoms with Gasteiger partial charge in [0, 0.05) is 29.2 Å². The number of benzene rings is 1. The van der Waals surface area contributed by atoms with Crippen LogP contribution in [0.4, 0.5) is 0 Å². The van der Waals surface area contributed by atoms with Crippen molar-refractivity contribution in [1.29, 1.82) is 0 Å². The fraction of sp³-hybridized carbons (Fsp3) is 0.400. The Morgan fingerprint density at radius 1 is 1.43 bits per heavy atom. The minimum absolute atomic E-state index is 0.000192. The molecule has 0 bridgehead atoms. The molecule has 3 atom stereocenters. The van der Waals surface area contributed by atoms with Gasteiger partial charge in [-0.2, -0.15) is 0 Å². The molecular weight excluding hydrogens is 288 g/mol. The normalized spacial score (nSPS) is 23.9. The summed E-state index contributed by atoms with van der Waals surface area (Å²) in [5, 5.41) is 0. The van der Waals surface area contributed by atoms with Gasteiger partial charge in [0.05, 0.1) is 17.9 Å². The van der Waals surface area contributed by atoms with E-state index in [0.29, 0.717) is 12.2 Å². The summed E-state index contributed by atoms with van der Waals surface area (Å²) in [5.41, 5.74) is 6.42. The van der Waals surface area contributed by atoms with Gasteiger partial charge >= 0.3 is 0 Å². The van der Waals surface area contributed by atoms with Gasteiger partial charge in [-0.3, -0.25) is 14.4 Å². The summed E-state index contributed by atoms with van der Waals surface area (Å²) >= 11 is 0. The molecule has 1 saturated heterocycles. The van der Waals surface area contributed by atoms with Crippen molar-refractivity contribution in [1.82, 2.24) is 10.9 Å². The van der Waals surface area contributed by atoms with Crippen molar-refractivity contribution in [3.8, 4) is 5.75 Å². The Kier molecular flexibility index (Phi) is 5.14. The largest absolute Gasteiger partial charge is 0.496 e. The van der Waals surface area contributed by atoms with E-state index in [1.807, 2.05) is 37.3 Å². The van der Waals surface area contributed by atoms with Crippen molar-refractivity contribution in [2.75, 3.05) is 13.4 Å². The van der Waals surface area contributed by atoms with Gasteiger partial charge in [-0.25, -0.2) is 5.43 Å². The number of ether oxygens (including phenoxy) is 1. The highest BCUT2D eigenvalue weighted by Crippen LogP contribution is 2.26. The van der Waals surface area contributed by atoms with Gasteiger partial charge in [-0.15, -0.1) is 0 Å². The number of amides is 1. The highest BCUT2D eigenvalue weighted by atomic mass is 32.2. The molecule has 0 saturated carbocycles. The van der Waals surface area contributed by atoms with Gasteiger partial charge in [0.15, 0.2) is 0 Å². The quantitative estimate of drug-likeness (QED) is 0.884. The zero-order valence-corrected chi connectivity index (χ0v) is 13.2. The molecule has 114 valence electrons. The maximum Gasteiger partial charge on any atom is 0.234 e. The molecule has 2 rings (SSSR count). The number of carbonyl (C=O) groups is 1. The average molecular weight is 308 g/mol. The van der Waals surface area contributed by atoms with Gasteiger partial charge in [0.2, 0.25) is 5.91 Å². The first-order valence-corrected chi connectivity index (χ1v) is 8.31. The summed E-state index contributed by atoms with van der Waals surface area (Å²) in [6.45, 7) is 2.02. The first-order chi connectivity index (χ1) is 10.0. The molecule has 6 heteroatoms. The SMILES string of the molecule is COc1cccc(S(C)=O)c1/C=C/C1NNC(=O)CC1C. The lowest BCUT2D eigenvalue weighted by Crippen LogP contribution is -2.52. The van der Waals surface area contributed by atoms with Crippen LogP contribution >= 0.6 is 0 Å². The first kappa shape index (κ1) is 15.7. The van der Waals surface area contributed by atoms with E-state index >= 15 is 0 Å². The fourth-order valence-corrected chi connectivity index (χ4v) is 3.08. The molecule has 3 unspecified atom stereocenters. The summed E-state index contributed by atoms with van der Waals surface area (Å²) in [5.74, 6) is 0.881. The zero-order chi connectivity index (χ0) is 15.4. The Balaban J connectivity index is 2.28. The predicted octanol–water partition coefficient (Wildman–Crippen LogP) is 1.47. The minimum Gasteiger partial charge on any atom is -0.496 e. The van der Waals surface area contributed by atoms with Crippen LogP contribution in [0.1, 0.15) is 18.9 Å². The van der Waals surface area contributed by atoms with E-state index in [-0.39, 0.29) is 17.9 Å². The Morgan fingerprint density at radius 3 is 2.81 bits per heavy atom. The zero-order valence-electron chi connectivity index (χ0n) is 12.4. The number of nitrogens with one attached hydrogen (secondary N) is 2. The molecule has 1 heterocycles. The topological polar surface area (TPSA) is 67.4 Å². The van der Waals surface area contributed by atoms with Crippen molar-refractivity contribution in [3.05, 3.63) is 29.8 Å². The van der Waals surface area contributed by atoms with Crippen LogP contribution in [0.3, 0.4) is 0 Å². The van der Waals surface area contributed by atoms with Gasteiger partial charge in [-0.05, 0) is 18.1 Å². The highest BCUT2D eigenvalue weighted by molar-refractivity contribution is 7.84. The Labute approximate surface area is 127 Å². The molecule has 0 aromatic heterocycles. The molecule has 5 nitrogen and oxygen atoms in total. The third-order valence-electron chi connectivity index (χ3n) is 3.52. The van der Waals surface area contributed by atoms with Crippen LogP contribution in [0.2, 0.25) is 0 Å². The number of carbonyl (C=O) groups excluding carboxylic acids is 1. The van der Waals surface area contributed by atoms with Crippen LogP contribution in [0.25, 0.3) is 6.08 Å². The summed E-state index contributed by atoms with van der Waals surface area (Å²) in [6.07, 6.45) is 6.01. The molecule has 0 spiro atoms. The standard InChI is InChI=1S/C15H20N2O3S/c1-10-9-15(18)17-16-12(10)8-7-11-13(20-2)5-4-6-14(11)21(3)19/h4-8,10,12,16H,9H2,1-3H3,(H,17,18)/b8-7+. The molecule has 2 N–H and O–H groups in total. The second kappa shape index (κ2) is 6.87. The lowest BCUT2D eigenvalue weighted by atomic mass is 9.96. The summed E-state index contributed by atoms with van der Waals surface area (Å²) in [4.78, 5) is 12.0. The first-order valence-electron chi connectivity index (χ1n) is 6.76. The lowest BCUT2D eigenvalue weighted by Gasteiger charge is -2.27. The smallest absolute Gasteiger partial charge is 0.234 e. The molecule has 21 heavy (non-hydrogen) atoms. The fourth-order valence-electron chi connectivity index (χ4n) is 2.33. The molecule has 1 fully saturated rings. The molecule has 0 aliphatic carbocycles. The molecular formula is C15H20N2O3S. The Hall–Kier alpha value is -1.66. The molecule has 1 aromatic carbocycles. The summed E-state index contributed by atoms with van der Waals surface area (Å²) in [6, 6.07) is 5.54. The van der Waals surface area contributed by atoms with Gasteiger partial charge in [0.25, 0.3) is 0 Å². The molecule has 0 radical (unpaired) electrons. The predicted molar refractivity (Wildman–Crippen MR) is 83.2 cm³/mol. The van der Waals surface area contributed by atoms with Gasteiger partial charge in [0.1, 0.15) is 5.75 Å². The van der Waals surface area contributed by atoms with Crippen molar-refractivity contribution >= 4 is 22.8 Å². The molecule has 1 amide bonds. The van der Waals surface area contributed by atoms with E-state index in [9.17, 15) is 9.00 Å². The summed E-state index contributed by atoms with van der Waals surface area (Å²) in [7, 11) is 0.499. The van der Waals surface area contributed by atoms with Crippen LogP contribution in [0, 0.1) is 5.92 Å². The van der Waals surface area contributed by atoms with Gasteiger partial charge in [-0.1, -0.05) is 25.1 Å². The van der Waals surface area contributed by atoms with Crippen LogP contribution < -0.4 is 15.6 Å². The van der Waals surface area contributed by atoms with Crippen LogP contribution in [0.5, 0.6) is 5.75 Å². The second-order valence-electron chi connectivity index (χ2n) is 5.09. The maximum atomic E-state index is 11.8. The van der Waals surface area contributed by atoms with Crippen molar-refractivity contribution in [2.45, 2.75) is 24.3 Å². The third-order valence-corrected chi connectivity index (χ3v) is 4.50. The third kappa shape index (κ3) is 3.71. The number of methoxy groups -OCH3 is 1. The molecule has 1 aromatic rings. The van der Waals surface area contributed by atoms with Crippen LogP contribution in [-0.2, 0) is 15.6 Å². The Morgan fingerprint density at radius 2 is 2.19 bits per heavy atom. The summed E-state index contributed by atoms with van der Waals surface area (Å²) < 4.78 is 17.2. The monoisotopic (exact) mass is 308 g/mol. The molecule has 1 aliphatic heterocycles. The van der Waals surface area contributed by atoms with E-state index in [2.05, 4.69) is 10.9 Å². The molecule has 1 aliphatic rings. The van der Waals surface area contributed by atoms with Crippen molar-refractivity contribution in [2.24, 2.45) is 5.92 Å². The van der Waals surface area contributed by atoms with Crippen LogP contribution in [-0.4, -0.2) is 29.5 Å². The van der Waals surface area contributed by atoms with Crippen LogP contribution in [0.15, 0.2) is 29.2 Å².